The van der Waals surface area contributed by atoms with Gasteiger partial charge in [-0.15, -0.1) is 0 Å². The van der Waals surface area contributed by atoms with Crippen LogP contribution in [0.15, 0.2) is 36.5 Å². The molecule has 1 aromatic heterocycles. The van der Waals surface area contributed by atoms with Crippen LogP contribution in [0.25, 0.3) is 0 Å². The highest BCUT2D eigenvalue weighted by atomic mass is 16.2. The molecule has 0 spiro atoms. The number of likely N-dealkylation sites (tertiary alicyclic amines) is 1. The van der Waals surface area contributed by atoms with Gasteiger partial charge < -0.3 is 15.5 Å². The first-order chi connectivity index (χ1) is 12.6. The number of hydrogen-bond acceptors (Lipinski definition) is 3. The van der Waals surface area contributed by atoms with E-state index in [2.05, 4.69) is 15.7 Å². The molecule has 2 heterocycles. The summed E-state index contributed by atoms with van der Waals surface area (Å²) in [6, 6.07) is 9.91. The van der Waals surface area contributed by atoms with Crippen LogP contribution in [0.5, 0.6) is 0 Å². The molecular weight excluding hydrogens is 330 g/mol. The van der Waals surface area contributed by atoms with E-state index >= 15 is 0 Å². The fraction of sp³-hybridized carbons (Fsp3) is 0.421. The summed E-state index contributed by atoms with van der Waals surface area (Å²) >= 11 is 0. The van der Waals surface area contributed by atoms with Gasteiger partial charge in [0.05, 0.1) is 17.5 Å². The topological polar surface area (TPSA) is 79.3 Å². The van der Waals surface area contributed by atoms with E-state index < -0.39 is 0 Å². The fourth-order valence-corrected chi connectivity index (χ4v) is 3.24. The van der Waals surface area contributed by atoms with Crippen LogP contribution in [0.3, 0.4) is 0 Å². The summed E-state index contributed by atoms with van der Waals surface area (Å²) in [5.41, 5.74) is 2.61. The summed E-state index contributed by atoms with van der Waals surface area (Å²) in [7, 11) is 1.85. The molecule has 138 valence electrons. The molecule has 1 saturated heterocycles. The minimum atomic E-state index is -0.133. The molecule has 0 aliphatic carbocycles. The molecule has 1 fully saturated rings. The third kappa shape index (κ3) is 4.04. The molecule has 0 bridgehead atoms. The SMILES string of the molecule is CCNC(=O)N1CCC(NC(=O)c2cnn(C)c2Cc2ccccc2)C1. The maximum atomic E-state index is 12.7. The first kappa shape index (κ1) is 18.0. The molecular formula is C19H25N5O2. The van der Waals surface area contributed by atoms with Crippen LogP contribution in [0.2, 0.25) is 0 Å². The van der Waals surface area contributed by atoms with Crippen molar-refractivity contribution < 1.29 is 9.59 Å². The lowest BCUT2D eigenvalue weighted by molar-refractivity contribution is 0.0937. The Morgan fingerprint density at radius 1 is 1.27 bits per heavy atom. The van der Waals surface area contributed by atoms with Gasteiger partial charge in [0, 0.05) is 39.1 Å². The number of rotatable bonds is 5. The van der Waals surface area contributed by atoms with Crippen LogP contribution in [-0.4, -0.2) is 52.3 Å². The Hall–Kier alpha value is -2.83. The summed E-state index contributed by atoms with van der Waals surface area (Å²) in [6.07, 6.45) is 3.02. The zero-order valence-corrected chi connectivity index (χ0v) is 15.2. The highest BCUT2D eigenvalue weighted by Gasteiger charge is 2.28. The zero-order chi connectivity index (χ0) is 18.5. The monoisotopic (exact) mass is 355 g/mol. The lowest BCUT2D eigenvalue weighted by Crippen LogP contribution is -2.42. The predicted molar refractivity (Wildman–Crippen MR) is 99.0 cm³/mol. The number of benzene rings is 1. The van der Waals surface area contributed by atoms with E-state index in [-0.39, 0.29) is 18.0 Å². The van der Waals surface area contributed by atoms with Crippen molar-refractivity contribution in [3.8, 4) is 0 Å². The minimum absolute atomic E-state index is 0.0325. The van der Waals surface area contributed by atoms with Crippen LogP contribution in [0.4, 0.5) is 4.79 Å². The second-order valence-corrected chi connectivity index (χ2v) is 6.53. The van der Waals surface area contributed by atoms with E-state index in [1.165, 1.54) is 0 Å². The van der Waals surface area contributed by atoms with Gasteiger partial charge in [0.1, 0.15) is 0 Å². The van der Waals surface area contributed by atoms with Gasteiger partial charge in [-0.25, -0.2) is 4.79 Å². The smallest absolute Gasteiger partial charge is 0.317 e. The number of nitrogens with one attached hydrogen (secondary N) is 2. The quantitative estimate of drug-likeness (QED) is 0.854. The number of aryl methyl sites for hydroxylation is 1. The maximum Gasteiger partial charge on any atom is 0.317 e. The molecule has 3 rings (SSSR count). The van der Waals surface area contributed by atoms with Crippen molar-refractivity contribution in [3.05, 3.63) is 53.3 Å². The molecule has 3 amide bonds. The lowest BCUT2D eigenvalue weighted by Gasteiger charge is -2.17. The Bertz CT molecular complexity index is 771. The summed E-state index contributed by atoms with van der Waals surface area (Å²) in [5.74, 6) is -0.133. The van der Waals surface area contributed by atoms with Gasteiger partial charge in [-0.2, -0.15) is 5.10 Å². The average molecular weight is 355 g/mol. The number of carbonyl (C=O) groups excluding carboxylic acids is 2. The van der Waals surface area contributed by atoms with Crippen LogP contribution in [0.1, 0.15) is 35.0 Å². The molecule has 26 heavy (non-hydrogen) atoms. The van der Waals surface area contributed by atoms with E-state index in [0.717, 1.165) is 17.7 Å². The number of urea groups is 1. The summed E-state index contributed by atoms with van der Waals surface area (Å²) in [5, 5.41) is 10.1. The summed E-state index contributed by atoms with van der Waals surface area (Å²) in [6.45, 7) is 3.68. The normalized spacial score (nSPS) is 16.5. The van der Waals surface area contributed by atoms with Gasteiger partial charge in [-0.05, 0) is 18.9 Å². The predicted octanol–water partition coefficient (Wildman–Crippen LogP) is 1.54. The molecule has 7 nitrogen and oxygen atoms in total. The van der Waals surface area contributed by atoms with Crippen molar-refractivity contribution in [2.75, 3.05) is 19.6 Å². The van der Waals surface area contributed by atoms with Crippen LogP contribution < -0.4 is 10.6 Å². The van der Waals surface area contributed by atoms with E-state index in [1.54, 1.807) is 15.8 Å². The van der Waals surface area contributed by atoms with Gasteiger partial charge in [-0.1, -0.05) is 30.3 Å². The minimum Gasteiger partial charge on any atom is -0.347 e. The zero-order valence-electron chi connectivity index (χ0n) is 15.2. The van der Waals surface area contributed by atoms with Crippen molar-refractivity contribution >= 4 is 11.9 Å². The third-order valence-electron chi connectivity index (χ3n) is 4.66. The molecule has 2 N–H and O–H groups in total. The highest BCUT2D eigenvalue weighted by molar-refractivity contribution is 5.95. The summed E-state index contributed by atoms with van der Waals surface area (Å²) < 4.78 is 1.75. The molecule has 2 aromatic rings. The van der Waals surface area contributed by atoms with E-state index in [1.807, 2.05) is 44.3 Å². The fourth-order valence-electron chi connectivity index (χ4n) is 3.24. The molecule has 1 aromatic carbocycles. The van der Waals surface area contributed by atoms with Crippen molar-refractivity contribution in [2.45, 2.75) is 25.8 Å². The Kier molecular flexibility index (Phi) is 5.55. The number of hydrogen-bond donors (Lipinski definition) is 2. The van der Waals surface area contributed by atoms with E-state index in [0.29, 0.717) is 31.6 Å². The Labute approximate surface area is 153 Å². The first-order valence-electron chi connectivity index (χ1n) is 8.97. The second kappa shape index (κ2) is 8.03. The van der Waals surface area contributed by atoms with Crippen molar-refractivity contribution in [1.29, 1.82) is 0 Å². The molecule has 1 unspecified atom stereocenters. The first-order valence-corrected chi connectivity index (χ1v) is 8.97. The highest BCUT2D eigenvalue weighted by Crippen LogP contribution is 2.15. The van der Waals surface area contributed by atoms with Gasteiger partial charge in [0.2, 0.25) is 0 Å². The van der Waals surface area contributed by atoms with Gasteiger partial charge in [-0.3, -0.25) is 9.48 Å². The number of aromatic nitrogens is 2. The van der Waals surface area contributed by atoms with E-state index in [4.69, 9.17) is 0 Å². The number of carbonyl (C=O) groups is 2. The molecule has 1 atom stereocenters. The van der Waals surface area contributed by atoms with Crippen LogP contribution >= 0.6 is 0 Å². The molecule has 1 aliphatic rings. The molecule has 1 aliphatic heterocycles. The Morgan fingerprint density at radius 2 is 2.04 bits per heavy atom. The van der Waals surface area contributed by atoms with Gasteiger partial charge in [0.15, 0.2) is 0 Å². The largest absolute Gasteiger partial charge is 0.347 e. The average Bonchev–Trinajstić information content (AvgIpc) is 3.24. The molecule has 0 radical (unpaired) electrons. The van der Waals surface area contributed by atoms with E-state index in [9.17, 15) is 9.59 Å². The molecule has 7 heteroatoms. The lowest BCUT2D eigenvalue weighted by atomic mass is 10.1. The van der Waals surface area contributed by atoms with Crippen LogP contribution in [0, 0.1) is 0 Å². The Balaban J connectivity index is 1.65. The maximum absolute atomic E-state index is 12.7. The Morgan fingerprint density at radius 3 is 2.77 bits per heavy atom. The van der Waals surface area contributed by atoms with Crippen molar-refractivity contribution in [2.24, 2.45) is 7.05 Å². The van der Waals surface area contributed by atoms with Gasteiger partial charge >= 0.3 is 6.03 Å². The third-order valence-corrected chi connectivity index (χ3v) is 4.66. The standard InChI is InChI=1S/C19H25N5O2/c1-3-20-19(26)24-10-9-15(13-24)22-18(25)16-12-21-23(2)17(16)11-14-7-5-4-6-8-14/h4-8,12,15H,3,9-11,13H2,1-2H3,(H,20,26)(H,22,25). The number of amides is 3. The van der Waals surface area contributed by atoms with Crippen molar-refractivity contribution in [1.82, 2.24) is 25.3 Å². The second-order valence-electron chi connectivity index (χ2n) is 6.53. The van der Waals surface area contributed by atoms with Crippen molar-refractivity contribution in [3.63, 3.8) is 0 Å². The number of nitrogens with zero attached hydrogens (tertiary/aromatic N) is 3. The summed E-state index contributed by atoms with van der Waals surface area (Å²) in [4.78, 5) is 26.4. The van der Waals surface area contributed by atoms with Crippen LogP contribution in [-0.2, 0) is 13.5 Å². The van der Waals surface area contributed by atoms with Gasteiger partial charge in [0.25, 0.3) is 5.91 Å². The molecule has 0 saturated carbocycles.